The highest BCUT2D eigenvalue weighted by atomic mass is 32.1. The van der Waals surface area contributed by atoms with Gasteiger partial charge in [0.05, 0.1) is 13.7 Å². The molecule has 0 fully saturated rings. The van der Waals surface area contributed by atoms with Crippen LogP contribution in [0.15, 0.2) is 30.3 Å². The molecule has 0 aliphatic rings. The number of thiol groups is 1. The average molecular weight is 356 g/mol. The summed E-state index contributed by atoms with van der Waals surface area (Å²) in [7, 11) is 1.17. The maximum atomic E-state index is 12.0. The van der Waals surface area contributed by atoms with Crippen molar-refractivity contribution in [3.05, 3.63) is 35.9 Å². The summed E-state index contributed by atoms with van der Waals surface area (Å²) in [5.74, 6) is -1.42. The predicted octanol–water partition coefficient (Wildman–Crippen LogP) is -0.139. The molecule has 0 spiro atoms. The normalized spacial score (nSPS) is 12.6. The lowest BCUT2D eigenvalue weighted by Gasteiger charge is -2.19. The second-order valence-corrected chi connectivity index (χ2v) is 5.07. The fourth-order valence-corrected chi connectivity index (χ4v) is 1.94. The summed E-state index contributed by atoms with van der Waals surface area (Å²) in [5, 5.41) is 13.8. The number of benzene rings is 1. The van der Waals surface area contributed by atoms with E-state index >= 15 is 0 Å². The summed E-state index contributed by atoms with van der Waals surface area (Å²) in [5.41, 5.74) is 0.776. The molecule has 0 unspecified atom stereocenters. The predicted molar refractivity (Wildman–Crippen MR) is 88.4 cm³/mol. The van der Waals surface area contributed by atoms with Crippen molar-refractivity contribution in [2.45, 2.75) is 18.7 Å². The van der Waals surface area contributed by atoms with E-state index in [1.165, 1.54) is 7.11 Å². The Morgan fingerprint density at radius 1 is 1.17 bits per heavy atom. The van der Waals surface area contributed by atoms with E-state index in [1.54, 1.807) is 24.3 Å². The lowest BCUT2D eigenvalue weighted by atomic mass is 10.2. The van der Waals surface area contributed by atoms with Gasteiger partial charge in [0.15, 0.2) is 0 Å². The van der Waals surface area contributed by atoms with Gasteiger partial charge < -0.3 is 25.2 Å². The van der Waals surface area contributed by atoms with Crippen LogP contribution in [0.4, 0.5) is 4.79 Å². The topological polar surface area (TPSA) is 114 Å². The van der Waals surface area contributed by atoms with Gasteiger partial charge in [0.1, 0.15) is 18.7 Å². The summed E-state index contributed by atoms with van der Waals surface area (Å²) in [6.07, 6.45) is -0.867. The molecular weight excluding hydrogens is 336 g/mol. The zero-order valence-corrected chi connectivity index (χ0v) is 14.0. The smallest absolute Gasteiger partial charge is 0.408 e. The Labute approximate surface area is 144 Å². The summed E-state index contributed by atoms with van der Waals surface area (Å²) in [6, 6.07) is 6.72. The third-order valence-electron chi connectivity index (χ3n) is 2.99. The number of amides is 2. The van der Waals surface area contributed by atoms with E-state index in [-0.39, 0.29) is 12.4 Å². The van der Waals surface area contributed by atoms with Crippen molar-refractivity contribution in [3.8, 4) is 0 Å². The van der Waals surface area contributed by atoms with Gasteiger partial charge in [0, 0.05) is 5.75 Å². The molecule has 132 valence electrons. The summed E-state index contributed by atoms with van der Waals surface area (Å²) in [6.45, 7) is -0.638. The Morgan fingerprint density at radius 2 is 1.83 bits per heavy atom. The summed E-state index contributed by atoms with van der Waals surface area (Å²) < 4.78 is 9.47. The Morgan fingerprint density at radius 3 is 2.38 bits per heavy atom. The van der Waals surface area contributed by atoms with Gasteiger partial charge >= 0.3 is 12.1 Å². The number of rotatable bonds is 8. The van der Waals surface area contributed by atoms with Crippen LogP contribution in [0.25, 0.3) is 0 Å². The van der Waals surface area contributed by atoms with E-state index < -0.39 is 36.7 Å². The summed E-state index contributed by atoms with van der Waals surface area (Å²) >= 11 is 3.93. The van der Waals surface area contributed by atoms with Crippen LogP contribution in [-0.4, -0.2) is 54.6 Å². The van der Waals surface area contributed by atoms with E-state index in [0.29, 0.717) is 0 Å². The number of nitrogens with one attached hydrogen (secondary N) is 2. The van der Waals surface area contributed by atoms with E-state index in [0.717, 1.165) is 5.56 Å². The molecule has 0 aliphatic heterocycles. The van der Waals surface area contributed by atoms with Crippen LogP contribution in [-0.2, 0) is 25.7 Å². The highest BCUT2D eigenvalue weighted by Crippen LogP contribution is 2.01. The van der Waals surface area contributed by atoms with Gasteiger partial charge in [-0.15, -0.1) is 0 Å². The van der Waals surface area contributed by atoms with E-state index in [1.807, 2.05) is 6.07 Å². The van der Waals surface area contributed by atoms with Crippen molar-refractivity contribution in [2.24, 2.45) is 0 Å². The highest BCUT2D eigenvalue weighted by Gasteiger charge is 2.26. The molecule has 0 heterocycles. The number of carbonyl (C=O) groups is 3. The number of ether oxygens (including phenoxy) is 2. The molecule has 2 atom stereocenters. The fourth-order valence-electron chi connectivity index (χ4n) is 1.69. The van der Waals surface area contributed by atoms with Crippen molar-refractivity contribution in [3.63, 3.8) is 0 Å². The number of aliphatic hydroxyl groups excluding tert-OH is 1. The van der Waals surface area contributed by atoms with Crippen LogP contribution in [0.3, 0.4) is 0 Å². The zero-order valence-electron chi connectivity index (χ0n) is 13.1. The quantitative estimate of drug-likeness (QED) is 0.381. The monoisotopic (exact) mass is 356 g/mol. The lowest BCUT2D eigenvalue weighted by molar-refractivity contribution is -0.144. The van der Waals surface area contributed by atoms with Gasteiger partial charge in [-0.2, -0.15) is 12.6 Å². The molecule has 8 nitrogen and oxygen atoms in total. The van der Waals surface area contributed by atoms with Crippen molar-refractivity contribution in [2.75, 3.05) is 19.5 Å². The maximum absolute atomic E-state index is 12.0. The molecule has 0 saturated heterocycles. The van der Waals surface area contributed by atoms with Gasteiger partial charge in [0.25, 0.3) is 0 Å². The van der Waals surface area contributed by atoms with Crippen molar-refractivity contribution < 1.29 is 29.0 Å². The Bertz CT molecular complexity index is 554. The minimum absolute atomic E-state index is 0.00894. The molecule has 0 radical (unpaired) electrons. The number of alkyl carbamates (subject to hydrolysis) is 1. The minimum atomic E-state index is -1.26. The number of aliphatic hydroxyl groups is 1. The molecule has 0 bridgehead atoms. The second-order valence-electron chi connectivity index (χ2n) is 4.71. The van der Waals surface area contributed by atoms with E-state index in [9.17, 15) is 19.5 Å². The van der Waals surface area contributed by atoms with E-state index in [2.05, 4.69) is 28.0 Å². The van der Waals surface area contributed by atoms with Gasteiger partial charge in [-0.1, -0.05) is 30.3 Å². The van der Waals surface area contributed by atoms with Crippen LogP contribution in [0.2, 0.25) is 0 Å². The van der Waals surface area contributed by atoms with Crippen LogP contribution in [0, 0.1) is 0 Å². The highest BCUT2D eigenvalue weighted by molar-refractivity contribution is 7.80. The number of carbonyl (C=O) groups excluding carboxylic acids is 3. The molecule has 2 amide bonds. The van der Waals surface area contributed by atoms with Gasteiger partial charge in [-0.05, 0) is 5.56 Å². The SMILES string of the molecule is COC(=O)[C@H](CS)NC(=O)[C@H](CO)NC(=O)OCc1ccccc1. The molecule has 0 aromatic heterocycles. The molecule has 24 heavy (non-hydrogen) atoms. The van der Waals surface area contributed by atoms with Crippen molar-refractivity contribution >= 4 is 30.6 Å². The van der Waals surface area contributed by atoms with E-state index in [4.69, 9.17) is 4.74 Å². The van der Waals surface area contributed by atoms with Gasteiger partial charge in [0.2, 0.25) is 5.91 Å². The molecule has 0 saturated carbocycles. The molecule has 1 rings (SSSR count). The molecule has 9 heteroatoms. The first-order chi connectivity index (χ1) is 11.5. The third-order valence-corrected chi connectivity index (χ3v) is 3.35. The first-order valence-corrected chi connectivity index (χ1v) is 7.72. The molecule has 1 aromatic carbocycles. The minimum Gasteiger partial charge on any atom is -0.467 e. The third kappa shape index (κ3) is 6.47. The second kappa shape index (κ2) is 10.5. The Kier molecular flexibility index (Phi) is 8.66. The van der Waals surface area contributed by atoms with Crippen LogP contribution in [0.1, 0.15) is 5.56 Å². The Balaban J connectivity index is 2.51. The van der Waals surface area contributed by atoms with Crippen LogP contribution in [0.5, 0.6) is 0 Å². The molecule has 1 aromatic rings. The number of esters is 1. The van der Waals surface area contributed by atoms with Crippen molar-refractivity contribution in [1.82, 2.24) is 10.6 Å². The van der Waals surface area contributed by atoms with Crippen LogP contribution < -0.4 is 10.6 Å². The lowest BCUT2D eigenvalue weighted by Crippen LogP contribution is -2.53. The summed E-state index contributed by atoms with van der Waals surface area (Å²) in [4.78, 5) is 35.1. The standard InChI is InChI=1S/C15H20N2O6S/c1-22-14(20)12(9-24)16-13(19)11(7-18)17-15(21)23-8-10-5-3-2-4-6-10/h2-6,11-12,18,24H,7-9H2,1H3,(H,16,19)(H,17,21)/t11-,12-/m0/s1. The Hall–Kier alpha value is -2.26. The molecular formula is C15H20N2O6S. The number of hydrogen-bond donors (Lipinski definition) is 4. The van der Waals surface area contributed by atoms with Gasteiger partial charge in [-0.3, -0.25) is 4.79 Å². The van der Waals surface area contributed by atoms with Gasteiger partial charge in [-0.25, -0.2) is 9.59 Å². The molecule has 0 aliphatic carbocycles. The zero-order chi connectivity index (χ0) is 17.9. The largest absolute Gasteiger partial charge is 0.467 e. The maximum Gasteiger partial charge on any atom is 0.408 e. The fraction of sp³-hybridized carbons (Fsp3) is 0.400. The van der Waals surface area contributed by atoms with Crippen LogP contribution >= 0.6 is 12.6 Å². The number of hydrogen-bond acceptors (Lipinski definition) is 7. The first-order valence-electron chi connectivity index (χ1n) is 7.09. The first kappa shape index (κ1) is 19.8. The van der Waals surface area contributed by atoms with Crippen molar-refractivity contribution in [1.29, 1.82) is 0 Å². The average Bonchev–Trinajstić information content (AvgIpc) is 2.62. The molecule has 3 N–H and O–H groups in total. The number of methoxy groups -OCH3 is 1.